The first kappa shape index (κ1) is 17.0. The van der Waals surface area contributed by atoms with Crippen molar-refractivity contribution in [2.75, 3.05) is 0 Å². The second-order valence-corrected chi connectivity index (χ2v) is 6.57. The number of ketones is 2. The van der Waals surface area contributed by atoms with Crippen LogP contribution in [0.25, 0.3) is 16.5 Å². The van der Waals surface area contributed by atoms with E-state index in [0.717, 1.165) is 21.4 Å². The van der Waals surface area contributed by atoms with Gasteiger partial charge in [0.05, 0.1) is 0 Å². The van der Waals surface area contributed by atoms with Gasteiger partial charge in [0.2, 0.25) is 0 Å². The molecule has 0 saturated heterocycles. The van der Waals surface area contributed by atoms with Gasteiger partial charge in [0.15, 0.2) is 17.5 Å². The van der Waals surface area contributed by atoms with Crippen molar-refractivity contribution in [3.05, 3.63) is 65.0 Å². The Morgan fingerprint density at radius 1 is 1.16 bits per heavy atom. The lowest BCUT2D eigenvalue weighted by molar-refractivity contribution is -0.151. The number of esters is 1. The van der Waals surface area contributed by atoms with Gasteiger partial charge in [0, 0.05) is 15.8 Å². The molecule has 126 valence electrons. The molecule has 0 aliphatic carbocycles. The third-order valence-electron chi connectivity index (χ3n) is 3.58. The molecule has 1 aliphatic rings. The van der Waals surface area contributed by atoms with Crippen LogP contribution < -0.4 is 0 Å². The zero-order chi connectivity index (χ0) is 18.0. The summed E-state index contributed by atoms with van der Waals surface area (Å²) in [6.45, 7) is 1.48. The monoisotopic (exact) mass is 356 g/mol. The number of benzene rings is 1. The largest absolute Gasteiger partial charge is 0.430 e. The Hall–Kier alpha value is -2.86. The minimum absolute atomic E-state index is 0.185. The zero-order valence-corrected chi connectivity index (χ0v) is 14.0. The van der Waals surface area contributed by atoms with E-state index in [-0.39, 0.29) is 11.6 Å². The van der Waals surface area contributed by atoms with Gasteiger partial charge in [-0.05, 0) is 48.9 Å². The number of hydrogen-bond donors (Lipinski definition) is 0. The van der Waals surface area contributed by atoms with Crippen LogP contribution in [0, 0.1) is 11.7 Å². The molecule has 3 rings (SSSR count). The first-order chi connectivity index (χ1) is 11.9. The average Bonchev–Trinajstić information content (AvgIpc) is 3.01. The average molecular weight is 356 g/mol. The summed E-state index contributed by atoms with van der Waals surface area (Å²) >= 11 is 1.41. The molecule has 1 unspecified atom stereocenters. The fourth-order valence-corrected chi connectivity index (χ4v) is 3.29. The molecule has 1 aromatic heterocycles. The highest BCUT2D eigenvalue weighted by Crippen LogP contribution is 2.29. The van der Waals surface area contributed by atoms with Gasteiger partial charge in [-0.15, -0.1) is 11.3 Å². The van der Waals surface area contributed by atoms with Gasteiger partial charge in [0.25, 0.3) is 0 Å². The maximum Gasteiger partial charge on any atom is 0.329 e. The van der Waals surface area contributed by atoms with E-state index in [9.17, 15) is 18.8 Å². The molecule has 1 aliphatic heterocycles. The SMILES string of the molecule is CC1=CC(=O)C(C(=O)C=Cc2ccc(-c3ccc(F)cc3)s2)C(=O)O1. The molecular weight excluding hydrogens is 343 g/mol. The number of thiophene rings is 1. The van der Waals surface area contributed by atoms with Gasteiger partial charge in [-0.3, -0.25) is 14.4 Å². The number of ether oxygens (including phenoxy) is 1. The van der Waals surface area contributed by atoms with E-state index >= 15 is 0 Å². The van der Waals surface area contributed by atoms with Crippen LogP contribution in [0.2, 0.25) is 0 Å². The van der Waals surface area contributed by atoms with E-state index in [2.05, 4.69) is 0 Å². The standard InChI is InChI=1S/C19H13FO4S/c1-11-10-16(22)18(19(23)24-11)15(21)8-6-14-7-9-17(25-14)12-2-4-13(20)5-3-12/h2-10,18H,1H3. The van der Waals surface area contributed by atoms with Crippen molar-refractivity contribution in [1.29, 1.82) is 0 Å². The molecule has 2 aromatic rings. The fourth-order valence-electron chi connectivity index (χ4n) is 2.38. The Kier molecular flexibility index (Phi) is 4.72. The molecule has 6 heteroatoms. The molecule has 0 spiro atoms. The lowest BCUT2D eigenvalue weighted by Crippen LogP contribution is -2.34. The van der Waals surface area contributed by atoms with Crippen molar-refractivity contribution in [2.24, 2.45) is 5.92 Å². The maximum atomic E-state index is 13.0. The predicted octanol–water partition coefficient (Wildman–Crippen LogP) is 3.78. The van der Waals surface area contributed by atoms with Crippen LogP contribution in [0.5, 0.6) is 0 Å². The molecule has 0 fully saturated rings. The molecule has 0 N–H and O–H groups in total. The normalized spacial score (nSPS) is 17.5. The Morgan fingerprint density at radius 3 is 2.56 bits per heavy atom. The topological polar surface area (TPSA) is 60.4 Å². The smallest absolute Gasteiger partial charge is 0.329 e. The van der Waals surface area contributed by atoms with Gasteiger partial charge in [0.1, 0.15) is 11.6 Å². The van der Waals surface area contributed by atoms with E-state index in [1.54, 1.807) is 24.3 Å². The highest BCUT2D eigenvalue weighted by molar-refractivity contribution is 7.16. The molecule has 1 atom stereocenters. The highest BCUT2D eigenvalue weighted by atomic mass is 32.1. The van der Waals surface area contributed by atoms with Crippen LogP contribution in [0.1, 0.15) is 11.8 Å². The van der Waals surface area contributed by atoms with Crippen molar-refractivity contribution in [3.63, 3.8) is 0 Å². The maximum absolute atomic E-state index is 13.0. The van der Waals surface area contributed by atoms with Gasteiger partial charge in [-0.2, -0.15) is 0 Å². The Labute approximate surface area is 147 Å². The third kappa shape index (κ3) is 3.80. The second kappa shape index (κ2) is 6.94. The van der Waals surface area contributed by atoms with Crippen LogP contribution in [0.4, 0.5) is 4.39 Å². The second-order valence-electron chi connectivity index (χ2n) is 5.46. The number of halogens is 1. The van der Waals surface area contributed by atoms with Crippen molar-refractivity contribution in [2.45, 2.75) is 6.92 Å². The summed E-state index contributed by atoms with van der Waals surface area (Å²) in [5.74, 6) is -3.59. The van der Waals surface area contributed by atoms with E-state index in [4.69, 9.17) is 4.74 Å². The number of allylic oxidation sites excluding steroid dienone is 3. The summed E-state index contributed by atoms with van der Waals surface area (Å²) in [6, 6.07) is 9.76. The third-order valence-corrected chi connectivity index (χ3v) is 4.68. The Balaban J connectivity index is 1.74. The van der Waals surface area contributed by atoms with Crippen LogP contribution in [0.3, 0.4) is 0 Å². The quantitative estimate of drug-likeness (QED) is 0.475. The van der Waals surface area contributed by atoms with Crippen molar-refractivity contribution in [1.82, 2.24) is 0 Å². The van der Waals surface area contributed by atoms with Crippen LogP contribution in [-0.4, -0.2) is 17.5 Å². The van der Waals surface area contributed by atoms with E-state index in [1.165, 1.54) is 36.5 Å². The van der Waals surface area contributed by atoms with Gasteiger partial charge in [-0.25, -0.2) is 4.39 Å². The predicted molar refractivity (Wildman–Crippen MR) is 92.1 cm³/mol. The molecule has 1 aromatic carbocycles. The number of cyclic esters (lactones) is 1. The van der Waals surface area contributed by atoms with E-state index < -0.39 is 23.5 Å². The first-order valence-electron chi connectivity index (χ1n) is 7.45. The summed E-state index contributed by atoms with van der Waals surface area (Å²) in [5.41, 5.74) is 0.865. The van der Waals surface area contributed by atoms with Crippen molar-refractivity contribution in [3.8, 4) is 10.4 Å². The van der Waals surface area contributed by atoms with Crippen LogP contribution in [-0.2, 0) is 19.1 Å². The lowest BCUT2D eigenvalue weighted by atomic mass is 9.96. The lowest BCUT2D eigenvalue weighted by Gasteiger charge is -2.15. The van der Waals surface area contributed by atoms with Crippen LogP contribution in [0.15, 0.2) is 54.3 Å². The summed E-state index contributed by atoms with van der Waals surface area (Å²) in [4.78, 5) is 37.4. The minimum atomic E-state index is -1.43. The fraction of sp³-hybridized carbons (Fsp3) is 0.105. The van der Waals surface area contributed by atoms with E-state index in [0.29, 0.717) is 0 Å². The van der Waals surface area contributed by atoms with E-state index in [1.807, 2.05) is 6.07 Å². The summed E-state index contributed by atoms with van der Waals surface area (Å²) < 4.78 is 17.8. The number of carbonyl (C=O) groups excluding carboxylic acids is 3. The number of hydrogen-bond acceptors (Lipinski definition) is 5. The van der Waals surface area contributed by atoms with Crippen LogP contribution >= 0.6 is 11.3 Å². The van der Waals surface area contributed by atoms with Crippen molar-refractivity contribution >= 4 is 34.9 Å². The van der Waals surface area contributed by atoms with Gasteiger partial charge >= 0.3 is 5.97 Å². The van der Waals surface area contributed by atoms with Crippen molar-refractivity contribution < 1.29 is 23.5 Å². The van der Waals surface area contributed by atoms with Gasteiger partial charge in [-0.1, -0.05) is 12.1 Å². The minimum Gasteiger partial charge on any atom is -0.430 e. The molecule has 0 saturated carbocycles. The summed E-state index contributed by atoms with van der Waals surface area (Å²) in [6.07, 6.45) is 3.90. The first-order valence-corrected chi connectivity index (χ1v) is 8.27. The number of carbonyl (C=O) groups is 3. The summed E-state index contributed by atoms with van der Waals surface area (Å²) in [5, 5.41) is 0. The zero-order valence-electron chi connectivity index (χ0n) is 13.2. The summed E-state index contributed by atoms with van der Waals surface area (Å²) in [7, 11) is 0. The molecule has 2 heterocycles. The number of rotatable bonds is 4. The van der Waals surface area contributed by atoms with Gasteiger partial charge < -0.3 is 4.74 Å². The Bertz CT molecular complexity index is 906. The molecule has 0 bridgehead atoms. The molecular formula is C19H13FO4S. The molecule has 25 heavy (non-hydrogen) atoms. The highest BCUT2D eigenvalue weighted by Gasteiger charge is 2.36. The molecule has 0 radical (unpaired) electrons. The molecule has 4 nitrogen and oxygen atoms in total. The molecule has 0 amide bonds. The Morgan fingerprint density at radius 2 is 1.88 bits per heavy atom.